The van der Waals surface area contributed by atoms with E-state index in [1.807, 2.05) is 0 Å². The standard InChI is InChI=1S/C19H23N7O6/c20-19-25-15-14(17(30)26-19)23-11(8-22-15)7-21-10-3-1-9(2-4-10)16(29)24-12(18(31)32)5-6-13(27)28/h1,3,9,12H,2,4-8H2,(H,24,29)(H,27,28)(H,31,32)(H4,20,22,25,26,30). The van der Waals surface area contributed by atoms with Gasteiger partial charge in [0.1, 0.15) is 6.04 Å². The number of allylic oxidation sites excluding steroid dienone is 1. The average Bonchev–Trinajstić information content (AvgIpc) is 2.75. The zero-order valence-electron chi connectivity index (χ0n) is 17.0. The Hall–Kier alpha value is -4.03. The first-order valence-electron chi connectivity index (χ1n) is 9.89. The number of carboxylic acids is 2. The van der Waals surface area contributed by atoms with Crippen LogP contribution in [0.5, 0.6) is 0 Å². The molecule has 2 aliphatic rings. The number of nitrogen functional groups attached to an aromatic ring is 1. The Morgan fingerprint density at radius 1 is 1.34 bits per heavy atom. The van der Waals surface area contributed by atoms with Gasteiger partial charge in [-0.05, 0) is 25.3 Å². The molecular weight excluding hydrogens is 422 g/mol. The van der Waals surface area contributed by atoms with Crippen LogP contribution in [0.4, 0.5) is 17.5 Å². The molecule has 3 rings (SSSR count). The van der Waals surface area contributed by atoms with Crippen molar-refractivity contribution >= 4 is 46.7 Å². The maximum Gasteiger partial charge on any atom is 0.326 e. The first kappa shape index (κ1) is 22.7. The number of nitrogens with zero attached hydrogens (tertiary/aromatic N) is 3. The van der Waals surface area contributed by atoms with Gasteiger partial charge >= 0.3 is 11.9 Å². The summed E-state index contributed by atoms with van der Waals surface area (Å²) >= 11 is 0. The highest BCUT2D eigenvalue weighted by Crippen LogP contribution is 2.22. The third kappa shape index (κ3) is 5.77. The van der Waals surface area contributed by atoms with Crippen LogP contribution in [0.15, 0.2) is 26.9 Å². The number of aliphatic imine (C=N–C) groups is 2. The number of aliphatic carboxylic acids is 2. The van der Waals surface area contributed by atoms with E-state index in [-0.39, 0.29) is 31.0 Å². The van der Waals surface area contributed by atoms with Crippen LogP contribution >= 0.6 is 0 Å². The summed E-state index contributed by atoms with van der Waals surface area (Å²) in [5, 5.41) is 23.2. The smallest absolute Gasteiger partial charge is 0.326 e. The van der Waals surface area contributed by atoms with E-state index in [1.54, 1.807) is 12.2 Å². The second kappa shape index (κ2) is 9.85. The number of amides is 1. The molecular formula is C19H23N7O6. The van der Waals surface area contributed by atoms with Gasteiger partial charge in [-0.2, -0.15) is 4.98 Å². The Labute approximate surface area is 181 Å². The topological polar surface area (TPSA) is 212 Å². The number of fused-ring (bicyclic) bond motifs is 1. The number of nitrogens with two attached hydrogens (primary N) is 1. The number of carboxylic acid groups (broad SMARTS) is 2. The zero-order chi connectivity index (χ0) is 23.3. The van der Waals surface area contributed by atoms with Crippen LogP contribution < -0.4 is 21.9 Å². The Morgan fingerprint density at radius 3 is 2.78 bits per heavy atom. The van der Waals surface area contributed by atoms with Crippen LogP contribution in [-0.2, 0) is 14.4 Å². The molecule has 0 bridgehead atoms. The molecule has 32 heavy (non-hydrogen) atoms. The minimum absolute atomic E-state index is 0.00244. The molecule has 1 aromatic rings. The van der Waals surface area contributed by atoms with Gasteiger partial charge in [-0.3, -0.25) is 24.4 Å². The maximum atomic E-state index is 12.4. The molecule has 7 N–H and O–H groups in total. The van der Waals surface area contributed by atoms with Gasteiger partial charge in [0.05, 0.1) is 24.7 Å². The van der Waals surface area contributed by atoms with E-state index in [4.69, 9.17) is 15.9 Å². The summed E-state index contributed by atoms with van der Waals surface area (Å²) in [5.74, 6) is -3.09. The summed E-state index contributed by atoms with van der Waals surface area (Å²) < 4.78 is 0. The molecule has 13 nitrogen and oxygen atoms in total. The Bertz CT molecular complexity index is 1070. The fourth-order valence-corrected chi connectivity index (χ4v) is 3.24. The molecule has 1 aromatic heterocycles. The van der Waals surface area contributed by atoms with Crippen molar-refractivity contribution in [3.63, 3.8) is 0 Å². The first-order valence-corrected chi connectivity index (χ1v) is 9.89. The van der Waals surface area contributed by atoms with Crippen molar-refractivity contribution in [2.75, 3.05) is 24.1 Å². The molecule has 1 aliphatic carbocycles. The Kier molecular flexibility index (Phi) is 6.97. The molecule has 2 unspecified atom stereocenters. The maximum absolute atomic E-state index is 12.4. The molecule has 0 fully saturated rings. The highest BCUT2D eigenvalue weighted by molar-refractivity contribution is 6.01. The number of carbonyl (C=O) groups is 3. The van der Waals surface area contributed by atoms with Gasteiger partial charge in [0.15, 0.2) is 11.5 Å². The quantitative estimate of drug-likeness (QED) is 0.309. The lowest BCUT2D eigenvalue weighted by atomic mass is 9.93. The number of hydrogen-bond donors (Lipinski definition) is 6. The first-order chi connectivity index (χ1) is 15.2. The van der Waals surface area contributed by atoms with Crippen LogP contribution in [0.1, 0.15) is 25.7 Å². The number of H-pyrrole nitrogens is 1. The summed E-state index contributed by atoms with van der Waals surface area (Å²) in [5.41, 5.74) is 6.59. The van der Waals surface area contributed by atoms with Gasteiger partial charge in [0.2, 0.25) is 11.9 Å². The van der Waals surface area contributed by atoms with Crippen molar-refractivity contribution < 1.29 is 24.6 Å². The second-order valence-corrected chi connectivity index (χ2v) is 7.32. The normalized spacial score (nSPS) is 19.4. The Balaban J connectivity index is 1.58. The molecule has 13 heteroatoms. The predicted molar refractivity (Wildman–Crippen MR) is 115 cm³/mol. The summed E-state index contributed by atoms with van der Waals surface area (Å²) in [7, 11) is 0. The molecule has 0 radical (unpaired) electrons. The molecule has 0 spiro atoms. The number of aromatic amines is 1. The van der Waals surface area contributed by atoms with Gasteiger partial charge in [0, 0.05) is 12.1 Å². The van der Waals surface area contributed by atoms with E-state index in [9.17, 15) is 19.2 Å². The van der Waals surface area contributed by atoms with Crippen molar-refractivity contribution in [2.24, 2.45) is 15.9 Å². The number of aromatic nitrogens is 2. The Morgan fingerprint density at radius 2 is 2.12 bits per heavy atom. The summed E-state index contributed by atoms with van der Waals surface area (Å²) in [4.78, 5) is 61.3. The average molecular weight is 445 g/mol. The summed E-state index contributed by atoms with van der Waals surface area (Å²) in [6.45, 7) is 0.615. The third-order valence-electron chi connectivity index (χ3n) is 4.94. The van der Waals surface area contributed by atoms with Crippen LogP contribution in [0, 0.1) is 5.92 Å². The van der Waals surface area contributed by atoms with Gasteiger partial charge in [-0.1, -0.05) is 6.08 Å². The van der Waals surface area contributed by atoms with Crippen LogP contribution in [0.25, 0.3) is 0 Å². The van der Waals surface area contributed by atoms with Crippen LogP contribution in [0.3, 0.4) is 0 Å². The van der Waals surface area contributed by atoms with Gasteiger partial charge in [-0.15, -0.1) is 0 Å². The van der Waals surface area contributed by atoms with Crippen LogP contribution in [0.2, 0.25) is 0 Å². The van der Waals surface area contributed by atoms with Crippen molar-refractivity contribution in [1.29, 1.82) is 0 Å². The molecule has 0 aromatic carbocycles. The zero-order valence-corrected chi connectivity index (χ0v) is 17.0. The lowest BCUT2D eigenvalue weighted by Gasteiger charge is -2.20. The summed E-state index contributed by atoms with van der Waals surface area (Å²) in [6.07, 6.45) is 3.72. The lowest BCUT2D eigenvalue weighted by molar-refractivity contribution is -0.143. The third-order valence-corrected chi connectivity index (χ3v) is 4.94. The minimum atomic E-state index is -1.28. The monoisotopic (exact) mass is 445 g/mol. The predicted octanol–water partition coefficient (Wildman–Crippen LogP) is -0.308. The van der Waals surface area contributed by atoms with E-state index in [0.717, 1.165) is 5.71 Å². The molecule has 2 heterocycles. The van der Waals surface area contributed by atoms with Gasteiger partial charge in [-0.25, -0.2) is 9.79 Å². The number of anilines is 2. The fraction of sp³-hybridized carbons (Fsp3) is 0.421. The SMILES string of the molecule is Nc1nc2c(c(=O)[nH]1)N=C(CN=C1C=CC(C(=O)NC(CCC(=O)O)C(=O)O)CC1)CN2. The number of hydrogen-bond acceptors (Lipinski definition) is 9. The van der Waals surface area contributed by atoms with Crippen molar-refractivity contribution in [1.82, 2.24) is 15.3 Å². The number of rotatable bonds is 8. The second-order valence-electron chi connectivity index (χ2n) is 7.32. The molecule has 0 saturated heterocycles. The van der Waals surface area contributed by atoms with E-state index in [0.29, 0.717) is 30.9 Å². The largest absolute Gasteiger partial charge is 0.481 e. The van der Waals surface area contributed by atoms with Gasteiger partial charge < -0.3 is 26.6 Å². The van der Waals surface area contributed by atoms with E-state index in [2.05, 4.69) is 30.6 Å². The van der Waals surface area contributed by atoms with Crippen molar-refractivity contribution in [3.05, 3.63) is 22.5 Å². The summed E-state index contributed by atoms with van der Waals surface area (Å²) in [6, 6.07) is -1.25. The van der Waals surface area contributed by atoms with Crippen LogP contribution in [-0.4, -0.2) is 68.6 Å². The van der Waals surface area contributed by atoms with Crippen molar-refractivity contribution in [3.8, 4) is 0 Å². The molecule has 0 saturated carbocycles. The molecule has 2 atom stereocenters. The lowest BCUT2D eigenvalue weighted by Crippen LogP contribution is -2.44. The molecule has 1 amide bonds. The number of carbonyl (C=O) groups excluding carboxylic acids is 1. The molecule has 1 aliphatic heterocycles. The minimum Gasteiger partial charge on any atom is -0.481 e. The van der Waals surface area contributed by atoms with E-state index < -0.39 is 35.4 Å². The fourth-order valence-electron chi connectivity index (χ4n) is 3.24. The molecule has 170 valence electrons. The highest BCUT2D eigenvalue weighted by atomic mass is 16.4. The highest BCUT2D eigenvalue weighted by Gasteiger charge is 2.26. The van der Waals surface area contributed by atoms with Gasteiger partial charge in [0.25, 0.3) is 5.56 Å². The van der Waals surface area contributed by atoms with E-state index in [1.165, 1.54) is 0 Å². The number of nitrogens with one attached hydrogen (secondary N) is 3. The van der Waals surface area contributed by atoms with Crippen molar-refractivity contribution in [2.45, 2.75) is 31.7 Å². The van der Waals surface area contributed by atoms with E-state index >= 15 is 0 Å².